The van der Waals surface area contributed by atoms with E-state index in [4.69, 9.17) is 25.2 Å². The highest BCUT2D eigenvalue weighted by molar-refractivity contribution is 5.98. The Morgan fingerprint density at radius 2 is 1.81 bits per heavy atom. The average molecular weight is 454 g/mol. The smallest absolute Gasteiger partial charge is 0.434 e. The number of ether oxygens (including phenoxy) is 3. The monoisotopic (exact) mass is 454 g/mol. The van der Waals surface area contributed by atoms with E-state index in [-0.39, 0.29) is 6.61 Å². The molecule has 0 aliphatic heterocycles. The van der Waals surface area contributed by atoms with Gasteiger partial charge in [0.2, 0.25) is 5.96 Å². The molecule has 0 unspecified atom stereocenters. The van der Waals surface area contributed by atoms with Gasteiger partial charge in [-0.1, -0.05) is 12.1 Å². The maximum Gasteiger partial charge on any atom is 0.434 e. The van der Waals surface area contributed by atoms with Crippen molar-refractivity contribution in [2.24, 2.45) is 10.7 Å². The summed E-state index contributed by atoms with van der Waals surface area (Å²) in [7, 11) is 1.29. The number of amides is 2. The van der Waals surface area contributed by atoms with Crippen LogP contribution in [-0.2, 0) is 25.5 Å². The van der Waals surface area contributed by atoms with Crippen LogP contribution in [0.25, 0.3) is 0 Å². The Hall–Kier alpha value is -3.38. The molecular weight excluding hydrogens is 424 g/mol. The predicted octanol–water partition coefficient (Wildman–Crippen LogP) is 1.58. The third-order valence-electron chi connectivity index (χ3n) is 3.54. The quantitative estimate of drug-likeness (QED) is 0.141. The fraction of sp³-hybridized carbons (Fsp3) is 0.500. The zero-order valence-corrected chi connectivity index (χ0v) is 18.5. The first kappa shape index (κ1) is 26.7. The second kappa shape index (κ2) is 13.1. The molecule has 1 aromatic rings. The molecule has 1 rings (SSSR count). The topological polar surface area (TPSA) is 171 Å². The first-order valence-corrected chi connectivity index (χ1v) is 9.74. The van der Waals surface area contributed by atoms with E-state index in [1.165, 1.54) is 7.11 Å². The van der Waals surface area contributed by atoms with Crippen molar-refractivity contribution in [3.8, 4) is 5.75 Å². The minimum absolute atomic E-state index is 0.140. The second-order valence-electron chi connectivity index (χ2n) is 7.50. The lowest BCUT2D eigenvalue weighted by atomic mass is 10.1. The number of hydrogen-bond acceptors (Lipinski definition) is 8. The van der Waals surface area contributed by atoms with Gasteiger partial charge in [-0.3, -0.25) is 14.9 Å². The molecule has 0 spiro atoms. The van der Waals surface area contributed by atoms with Crippen LogP contribution < -0.4 is 21.3 Å². The van der Waals surface area contributed by atoms with Crippen molar-refractivity contribution >= 4 is 24.1 Å². The Kier molecular flexibility index (Phi) is 10.9. The molecule has 12 nitrogen and oxygen atoms in total. The van der Waals surface area contributed by atoms with Gasteiger partial charge in [-0.05, 0) is 44.9 Å². The van der Waals surface area contributed by atoms with E-state index in [2.05, 4.69) is 20.5 Å². The number of hydrogen-bond donors (Lipinski definition) is 4. The maximum absolute atomic E-state index is 11.7. The molecule has 5 N–H and O–H groups in total. The minimum Gasteiger partial charge on any atom is -0.494 e. The molecule has 0 aliphatic carbocycles. The standard InChI is InChI=1S/C20H30N4O8/c1-20(2,3)32-19(28)23-17(22-18(26)27)24-31-11-5-10-30-14-8-6-13(7-9-14)12-15(21)16(25)29-4/h6-9,15H,5,10-12,21H2,1-4H3,(H,26,27)(H2,22,23,24,28)/t15-/m0/s1. The van der Waals surface area contributed by atoms with Crippen LogP contribution in [0.1, 0.15) is 32.8 Å². The van der Waals surface area contributed by atoms with Gasteiger partial charge in [0.15, 0.2) is 0 Å². The molecular formula is C20H30N4O8. The van der Waals surface area contributed by atoms with E-state index in [0.29, 0.717) is 25.2 Å². The molecule has 178 valence electrons. The van der Waals surface area contributed by atoms with Crippen molar-refractivity contribution in [2.75, 3.05) is 20.3 Å². The number of carbonyl (C=O) groups excluding carboxylic acids is 2. The molecule has 2 amide bonds. The van der Waals surface area contributed by atoms with Crippen LogP contribution in [0.5, 0.6) is 5.75 Å². The number of benzene rings is 1. The Balaban J connectivity index is 2.35. The number of alkyl carbamates (subject to hydrolysis) is 1. The lowest BCUT2D eigenvalue weighted by Crippen LogP contribution is -2.44. The molecule has 0 fully saturated rings. The molecule has 0 radical (unpaired) electrons. The summed E-state index contributed by atoms with van der Waals surface area (Å²) in [4.78, 5) is 42.1. The molecule has 0 saturated carbocycles. The fourth-order valence-corrected chi connectivity index (χ4v) is 2.22. The van der Waals surface area contributed by atoms with Crippen molar-refractivity contribution in [1.82, 2.24) is 10.8 Å². The number of hydroxylamine groups is 1. The van der Waals surface area contributed by atoms with Crippen molar-refractivity contribution < 1.29 is 38.5 Å². The average Bonchev–Trinajstić information content (AvgIpc) is 2.69. The summed E-state index contributed by atoms with van der Waals surface area (Å²) in [6, 6.07) is 6.37. The zero-order chi connectivity index (χ0) is 24.1. The summed E-state index contributed by atoms with van der Waals surface area (Å²) in [5.41, 5.74) is 8.09. The number of carboxylic acid groups (broad SMARTS) is 1. The van der Waals surface area contributed by atoms with Gasteiger partial charge in [-0.15, -0.1) is 4.99 Å². The van der Waals surface area contributed by atoms with Gasteiger partial charge in [-0.25, -0.2) is 15.1 Å². The predicted molar refractivity (Wildman–Crippen MR) is 114 cm³/mol. The van der Waals surface area contributed by atoms with Gasteiger partial charge in [0.05, 0.1) is 20.3 Å². The van der Waals surface area contributed by atoms with Gasteiger partial charge >= 0.3 is 18.2 Å². The highest BCUT2D eigenvalue weighted by Gasteiger charge is 2.18. The molecule has 0 aliphatic rings. The van der Waals surface area contributed by atoms with Crippen LogP contribution in [0.2, 0.25) is 0 Å². The van der Waals surface area contributed by atoms with E-state index in [1.54, 1.807) is 45.0 Å². The summed E-state index contributed by atoms with van der Waals surface area (Å²) >= 11 is 0. The third kappa shape index (κ3) is 11.7. The number of nitrogens with zero attached hydrogens (tertiary/aromatic N) is 1. The molecule has 1 atom stereocenters. The fourth-order valence-electron chi connectivity index (χ4n) is 2.22. The van der Waals surface area contributed by atoms with Gasteiger partial charge < -0.3 is 25.1 Å². The number of nitrogens with two attached hydrogens (primary N) is 1. The lowest BCUT2D eigenvalue weighted by molar-refractivity contribution is -0.142. The molecule has 1 aromatic carbocycles. The molecule has 0 saturated heterocycles. The number of aliphatic imine (C=N–C) groups is 1. The number of carbonyl (C=O) groups is 3. The SMILES string of the molecule is COC(=O)[C@@H](N)Cc1ccc(OCCCON/C(=N\C(=O)O)NC(=O)OC(C)(C)C)cc1. The van der Waals surface area contributed by atoms with Crippen molar-refractivity contribution in [3.63, 3.8) is 0 Å². The summed E-state index contributed by atoms with van der Waals surface area (Å²) in [6.45, 7) is 5.44. The number of guanidine groups is 1. The largest absolute Gasteiger partial charge is 0.494 e. The molecule has 0 heterocycles. The van der Waals surface area contributed by atoms with Crippen molar-refractivity contribution in [1.29, 1.82) is 0 Å². The van der Waals surface area contributed by atoms with Crippen molar-refractivity contribution in [2.45, 2.75) is 45.3 Å². The van der Waals surface area contributed by atoms with E-state index in [1.807, 2.05) is 0 Å². The molecule has 0 bridgehead atoms. The summed E-state index contributed by atoms with van der Waals surface area (Å²) in [5.74, 6) is -0.279. The second-order valence-corrected chi connectivity index (χ2v) is 7.50. The maximum atomic E-state index is 11.7. The molecule has 32 heavy (non-hydrogen) atoms. The first-order chi connectivity index (χ1) is 15.0. The molecule has 0 aromatic heterocycles. The van der Waals surface area contributed by atoms with Gasteiger partial charge in [0.25, 0.3) is 0 Å². The highest BCUT2D eigenvalue weighted by atomic mass is 16.6. The van der Waals surface area contributed by atoms with Crippen LogP contribution in [0.3, 0.4) is 0 Å². The first-order valence-electron chi connectivity index (χ1n) is 9.74. The van der Waals surface area contributed by atoms with E-state index < -0.39 is 35.8 Å². The highest BCUT2D eigenvalue weighted by Crippen LogP contribution is 2.13. The van der Waals surface area contributed by atoms with Crippen LogP contribution >= 0.6 is 0 Å². The van der Waals surface area contributed by atoms with E-state index >= 15 is 0 Å². The Labute approximate surface area is 186 Å². The van der Waals surface area contributed by atoms with Gasteiger partial charge in [0.1, 0.15) is 17.4 Å². The van der Waals surface area contributed by atoms with Crippen LogP contribution in [0, 0.1) is 0 Å². The molecule has 12 heteroatoms. The normalized spacial score (nSPS) is 12.5. The Morgan fingerprint density at radius 1 is 1.16 bits per heavy atom. The van der Waals surface area contributed by atoms with Crippen LogP contribution in [-0.4, -0.2) is 61.2 Å². The number of esters is 1. The zero-order valence-electron chi connectivity index (χ0n) is 18.5. The number of nitrogens with one attached hydrogen (secondary N) is 2. The van der Waals surface area contributed by atoms with Crippen LogP contribution in [0.15, 0.2) is 29.3 Å². The Bertz CT molecular complexity index is 790. The summed E-state index contributed by atoms with van der Waals surface area (Å²) in [5, 5.41) is 10.9. The van der Waals surface area contributed by atoms with Crippen molar-refractivity contribution in [3.05, 3.63) is 29.8 Å². The summed E-state index contributed by atoms with van der Waals surface area (Å²) in [6.07, 6.45) is -1.60. The number of methoxy groups -OCH3 is 1. The van der Waals surface area contributed by atoms with E-state index in [0.717, 1.165) is 5.56 Å². The number of rotatable bonds is 9. The lowest BCUT2D eigenvalue weighted by Gasteiger charge is -2.20. The van der Waals surface area contributed by atoms with Gasteiger partial charge in [0, 0.05) is 6.42 Å². The van der Waals surface area contributed by atoms with Crippen LogP contribution in [0.4, 0.5) is 9.59 Å². The van der Waals surface area contributed by atoms with E-state index in [9.17, 15) is 14.4 Å². The minimum atomic E-state index is -1.52. The van der Waals surface area contributed by atoms with Gasteiger partial charge in [-0.2, -0.15) is 0 Å². The Morgan fingerprint density at radius 3 is 2.38 bits per heavy atom. The third-order valence-corrected chi connectivity index (χ3v) is 3.54. The summed E-state index contributed by atoms with van der Waals surface area (Å²) < 4.78 is 15.2.